The van der Waals surface area contributed by atoms with Gasteiger partial charge in [0.2, 0.25) is 0 Å². The number of rotatable bonds is 3. The summed E-state index contributed by atoms with van der Waals surface area (Å²) in [4.78, 5) is 26.1. The first-order valence-corrected chi connectivity index (χ1v) is 7.14. The summed E-state index contributed by atoms with van der Waals surface area (Å²) in [6, 6.07) is 8.97. The lowest BCUT2D eigenvalue weighted by molar-refractivity contribution is -0.123. The van der Waals surface area contributed by atoms with Gasteiger partial charge in [0.15, 0.2) is 0 Å². The van der Waals surface area contributed by atoms with E-state index >= 15 is 0 Å². The Kier molecular flexibility index (Phi) is 3.53. The maximum absolute atomic E-state index is 12.9. The van der Waals surface area contributed by atoms with Gasteiger partial charge >= 0.3 is 6.03 Å². The molecule has 0 saturated carbocycles. The summed E-state index contributed by atoms with van der Waals surface area (Å²) >= 11 is 1.48. The second-order valence-corrected chi connectivity index (χ2v) is 5.50. The minimum atomic E-state index is -0.466. The molecule has 1 aromatic carbocycles. The van der Waals surface area contributed by atoms with Gasteiger partial charge in [0.1, 0.15) is 11.5 Å². The third kappa shape index (κ3) is 2.85. The fraction of sp³-hybridized carbons (Fsp3) is 0.0667. The summed E-state index contributed by atoms with van der Waals surface area (Å²) in [6.07, 6.45) is 1.65. The molecule has 106 valence electrons. The van der Waals surface area contributed by atoms with Crippen molar-refractivity contribution < 1.29 is 14.0 Å². The Balaban J connectivity index is 1.79. The van der Waals surface area contributed by atoms with Crippen molar-refractivity contribution in [2.45, 2.75) is 6.54 Å². The molecule has 0 bridgehead atoms. The van der Waals surface area contributed by atoms with Crippen LogP contribution in [0.15, 0.2) is 47.5 Å². The van der Waals surface area contributed by atoms with Crippen LogP contribution in [0.2, 0.25) is 0 Å². The van der Waals surface area contributed by atoms with Crippen molar-refractivity contribution in [3.8, 4) is 0 Å². The monoisotopic (exact) mass is 302 g/mol. The number of hydrogen-bond acceptors (Lipinski definition) is 3. The highest BCUT2D eigenvalue weighted by molar-refractivity contribution is 7.10. The van der Waals surface area contributed by atoms with E-state index < -0.39 is 6.03 Å². The maximum atomic E-state index is 12.9. The third-order valence-corrected chi connectivity index (χ3v) is 3.87. The minimum Gasteiger partial charge on any atom is -0.303 e. The first-order valence-electron chi connectivity index (χ1n) is 6.26. The molecule has 0 atom stereocenters. The Morgan fingerprint density at radius 3 is 2.62 bits per heavy atom. The summed E-state index contributed by atoms with van der Waals surface area (Å²) in [5, 5.41) is 4.45. The number of amides is 3. The van der Waals surface area contributed by atoms with E-state index in [2.05, 4.69) is 5.32 Å². The number of nitrogens with zero attached hydrogens (tertiary/aromatic N) is 1. The fourth-order valence-electron chi connectivity index (χ4n) is 2.00. The van der Waals surface area contributed by atoms with Gasteiger partial charge in [-0.25, -0.2) is 9.18 Å². The predicted octanol–water partition coefficient (Wildman–Crippen LogP) is 2.98. The van der Waals surface area contributed by atoms with E-state index in [1.54, 1.807) is 18.2 Å². The van der Waals surface area contributed by atoms with Crippen molar-refractivity contribution in [3.05, 3.63) is 63.7 Å². The van der Waals surface area contributed by atoms with Crippen molar-refractivity contribution >= 4 is 29.4 Å². The fourth-order valence-corrected chi connectivity index (χ4v) is 2.66. The van der Waals surface area contributed by atoms with Gasteiger partial charge < -0.3 is 5.32 Å². The zero-order valence-electron chi connectivity index (χ0n) is 10.9. The third-order valence-electron chi connectivity index (χ3n) is 3.05. The summed E-state index contributed by atoms with van der Waals surface area (Å²) < 4.78 is 12.9. The molecule has 1 saturated heterocycles. The van der Waals surface area contributed by atoms with Crippen LogP contribution in [0, 0.1) is 5.82 Å². The molecule has 1 aliphatic heterocycles. The molecule has 0 aliphatic carbocycles. The molecule has 2 heterocycles. The molecule has 0 unspecified atom stereocenters. The average molecular weight is 302 g/mol. The van der Waals surface area contributed by atoms with Gasteiger partial charge in [0, 0.05) is 4.88 Å². The molecule has 1 fully saturated rings. The molecule has 1 aromatic heterocycles. The van der Waals surface area contributed by atoms with E-state index in [0.29, 0.717) is 5.56 Å². The molecule has 6 heteroatoms. The van der Waals surface area contributed by atoms with Gasteiger partial charge in [-0.3, -0.25) is 9.69 Å². The van der Waals surface area contributed by atoms with Crippen LogP contribution in [-0.4, -0.2) is 16.8 Å². The maximum Gasteiger partial charge on any atom is 0.329 e. The zero-order valence-corrected chi connectivity index (χ0v) is 11.7. The normalized spacial score (nSPS) is 16.6. The number of carbonyl (C=O) groups excluding carboxylic acids is 2. The van der Waals surface area contributed by atoms with E-state index in [1.807, 2.05) is 17.5 Å². The van der Waals surface area contributed by atoms with Gasteiger partial charge in [0.25, 0.3) is 5.91 Å². The lowest BCUT2D eigenvalue weighted by atomic mass is 10.2. The molecule has 0 spiro atoms. The van der Waals surface area contributed by atoms with E-state index in [9.17, 15) is 14.0 Å². The smallest absolute Gasteiger partial charge is 0.303 e. The van der Waals surface area contributed by atoms with Crippen LogP contribution >= 0.6 is 11.3 Å². The van der Waals surface area contributed by atoms with E-state index in [0.717, 1.165) is 9.78 Å². The van der Waals surface area contributed by atoms with Gasteiger partial charge in [0.05, 0.1) is 6.54 Å². The van der Waals surface area contributed by atoms with Crippen molar-refractivity contribution in [3.63, 3.8) is 0 Å². The van der Waals surface area contributed by atoms with Crippen LogP contribution in [0.25, 0.3) is 6.08 Å². The van der Waals surface area contributed by atoms with E-state index in [4.69, 9.17) is 0 Å². The first-order chi connectivity index (χ1) is 10.1. The number of benzene rings is 1. The molecule has 4 nitrogen and oxygen atoms in total. The number of hydrogen-bond donors (Lipinski definition) is 1. The molecular formula is C15H11FN2O2S. The molecule has 21 heavy (non-hydrogen) atoms. The Morgan fingerprint density at radius 2 is 1.95 bits per heavy atom. The highest BCUT2D eigenvalue weighted by Gasteiger charge is 2.33. The Morgan fingerprint density at radius 1 is 1.19 bits per heavy atom. The van der Waals surface area contributed by atoms with Crippen LogP contribution in [0.3, 0.4) is 0 Å². The summed E-state index contributed by atoms with van der Waals surface area (Å²) in [5.74, 6) is -0.730. The Hall–Kier alpha value is -2.47. The van der Waals surface area contributed by atoms with Gasteiger partial charge in [-0.15, -0.1) is 11.3 Å². The molecule has 3 rings (SSSR count). The van der Waals surface area contributed by atoms with Crippen LogP contribution in [0.5, 0.6) is 0 Å². The molecule has 3 amide bonds. The summed E-state index contributed by atoms with van der Waals surface area (Å²) in [6.45, 7) is 0.118. The van der Waals surface area contributed by atoms with Crippen molar-refractivity contribution in [1.82, 2.24) is 10.2 Å². The van der Waals surface area contributed by atoms with Gasteiger partial charge in [-0.2, -0.15) is 0 Å². The van der Waals surface area contributed by atoms with E-state index in [1.165, 1.54) is 23.5 Å². The number of halogens is 1. The predicted molar refractivity (Wildman–Crippen MR) is 77.8 cm³/mol. The minimum absolute atomic E-state index is 0.118. The van der Waals surface area contributed by atoms with Gasteiger partial charge in [-0.05, 0) is 35.2 Å². The number of nitrogens with one attached hydrogen (secondary N) is 1. The summed E-state index contributed by atoms with van der Waals surface area (Å²) in [5.41, 5.74) is 0.946. The number of imide groups is 1. The van der Waals surface area contributed by atoms with E-state index in [-0.39, 0.29) is 24.0 Å². The lowest BCUT2D eigenvalue weighted by Gasteiger charge is -2.11. The number of urea groups is 1. The van der Waals surface area contributed by atoms with Gasteiger partial charge in [-0.1, -0.05) is 18.2 Å². The molecule has 1 aliphatic rings. The molecule has 0 radical (unpaired) electrons. The van der Waals surface area contributed by atoms with Crippen LogP contribution in [-0.2, 0) is 11.3 Å². The van der Waals surface area contributed by atoms with Crippen LogP contribution in [0.4, 0.5) is 9.18 Å². The second kappa shape index (κ2) is 5.49. The quantitative estimate of drug-likeness (QED) is 0.700. The lowest BCUT2D eigenvalue weighted by Crippen LogP contribution is -2.30. The highest BCUT2D eigenvalue weighted by Crippen LogP contribution is 2.19. The van der Waals surface area contributed by atoms with Crippen molar-refractivity contribution in [1.29, 1.82) is 0 Å². The largest absolute Gasteiger partial charge is 0.329 e. The number of carbonyl (C=O) groups is 2. The van der Waals surface area contributed by atoms with Crippen LogP contribution < -0.4 is 5.32 Å². The SMILES string of the molecule is O=C1N/C(=C\c2cccs2)C(=O)N1Cc1ccc(F)cc1. The Labute approximate surface area is 124 Å². The molecule has 2 aromatic rings. The highest BCUT2D eigenvalue weighted by atomic mass is 32.1. The average Bonchev–Trinajstić information content (AvgIpc) is 3.06. The second-order valence-electron chi connectivity index (χ2n) is 4.52. The molecular weight excluding hydrogens is 291 g/mol. The number of thiophene rings is 1. The zero-order chi connectivity index (χ0) is 14.8. The first kappa shape index (κ1) is 13.5. The van der Waals surface area contributed by atoms with Crippen molar-refractivity contribution in [2.75, 3.05) is 0 Å². The van der Waals surface area contributed by atoms with Crippen LogP contribution in [0.1, 0.15) is 10.4 Å². The molecule has 1 N–H and O–H groups in total. The Bertz CT molecular complexity index is 708. The summed E-state index contributed by atoms with van der Waals surface area (Å²) in [7, 11) is 0. The van der Waals surface area contributed by atoms with Crippen molar-refractivity contribution in [2.24, 2.45) is 0 Å². The topological polar surface area (TPSA) is 49.4 Å². The standard InChI is InChI=1S/C15H11FN2O2S/c16-11-5-3-10(4-6-11)9-18-14(19)13(17-15(18)20)8-12-2-1-7-21-12/h1-8H,9H2,(H,17,20)/b13-8-.